The molecule has 34 heavy (non-hydrogen) atoms. The van der Waals surface area contributed by atoms with E-state index in [0.29, 0.717) is 32.6 Å². The zero-order chi connectivity index (χ0) is 24.1. The number of hydrogen-bond donors (Lipinski definition) is 1. The fourth-order valence-corrected chi connectivity index (χ4v) is 5.05. The predicted molar refractivity (Wildman–Crippen MR) is 146 cm³/mol. The maximum Gasteiger partial charge on any atom is 0.266 e. The Morgan fingerprint density at radius 3 is 2.26 bits per heavy atom. The van der Waals surface area contributed by atoms with Gasteiger partial charge in [-0.2, -0.15) is 5.26 Å². The Labute approximate surface area is 222 Å². The van der Waals surface area contributed by atoms with Gasteiger partial charge in [0, 0.05) is 10.2 Å². The van der Waals surface area contributed by atoms with Crippen LogP contribution in [0.25, 0.3) is 16.8 Å². The van der Waals surface area contributed by atoms with Crippen molar-refractivity contribution < 1.29 is 9.53 Å². The Kier molecular flexibility index (Phi) is 7.84. The monoisotopic (exact) mass is 638 g/mol. The third-order valence-corrected chi connectivity index (χ3v) is 6.70. The second kappa shape index (κ2) is 11.0. The highest BCUT2D eigenvalue weighted by Crippen LogP contribution is 2.36. The van der Waals surface area contributed by atoms with Crippen LogP contribution in [-0.2, 0) is 11.4 Å². The summed E-state index contributed by atoms with van der Waals surface area (Å²) in [5.74, 6) is 0.164. The average Bonchev–Trinajstić information content (AvgIpc) is 2.83. The second-order valence-electron chi connectivity index (χ2n) is 7.41. The first kappa shape index (κ1) is 24.2. The molecule has 0 aliphatic rings. The number of anilines is 1. The maximum absolute atomic E-state index is 12.6. The Hall–Kier alpha value is -2.92. The molecule has 0 fully saturated rings. The van der Waals surface area contributed by atoms with E-state index in [9.17, 15) is 10.1 Å². The summed E-state index contributed by atoms with van der Waals surface area (Å²) >= 11 is 10.5. The van der Waals surface area contributed by atoms with E-state index < -0.39 is 5.91 Å². The smallest absolute Gasteiger partial charge is 0.266 e. The van der Waals surface area contributed by atoms with Crippen LogP contribution in [0.2, 0.25) is 0 Å². The van der Waals surface area contributed by atoms with Crippen LogP contribution in [0.4, 0.5) is 5.69 Å². The van der Waals surface area contributed by atoms with E-state index >= 15 is 0 Å². The average molecular weight is 641 g/mol. The first-order valence-corrected chi connectivity index (χ1v) is 12.6. The second-order valence-corrected chi connectivity index (χ2v) is 10.0. The molecule has 4 aromatic rings. The van der Waals surface area contributed by atoms with Gasteiger partial charge in [0.05, 0.1) is 8.95 Å². The van der Waals surface area contributed by atoms with Crippen molar-refractivity contribution in [2.24, 2.45) is 0 Å². The SMILES string of the molecule is N#C/C(=C/c1cc(Br)c(OCc2ccc3ccccc3c2)c(Br)c1)C(=O)Nc1ccc(Br)cc1. The van der Waals surface area contributed by atoms with Gasteiger partial charge in [0.15, 0.2) is 0 Å². The Balaban J connectivity index is 1.50. The van der Waals surface area contributed by atoms with E-state index in [-0.39, 0.29) is 5.57 Å². The molecular formula is C27H17Br3N2O2. The van der Waals surface area contributed by atoms with Gasteiger partial charge in [-0.3, -0.25) is 4.79 Å². The largest absolute Gasteiger partial charge is 0.487 e. The summed E-state index contributed by atoms with van der Waals surface area (Å²) in [6.07, 6.45) is 1.54. The molecule has 0 spiro atoms. The lowest BCUT2D eigenvalue weighted by atomic mass is 10.1. The number of benzene rings is 4. The Morgan fingerprint density at radius 2 is 1.59 bits per heavy atom. The standard InChI is InChI=1S/C27H17Br3N2O2/c28-22-7-9-23(10-8-22)32-27(33)21(15-31)12-18-13-24(29)26(25(30)14-18)34-16-17-5-6-19-3-1-2-4-20(19)11-17/h1-14H,16H2,(H,32,33)/b21-12-. The highest BCUT2D eigenvalue weighted by molar-refractivity contribution is 9.11. The predicted octanol–water partition coefficient (Wildman–Crippen LogP) is 8.25. The van der Waals surface area contributed by atoms with Crippen LogP contribution in [0.1, 0.15) is 11.1 Å². The van der Waals surface area contributed by atoms with Crippen molar-refractivity contribution in [2.75, 3.05) is 5.32 Å². The summed E-state index contributed by atoms with van der Waals surface area (Å²) in [6, 6.07) is 27.2. The van der Waals surface area contributed by atoms with Crippen LogP contribution in [0, 0.1) is 11.3 Å². The molecule has 0 aromatic heterocycles. The Morgan fingerprint density at radius 1 is 0.912 bits per heavy atom. The summed E-state index contributed by atoms with van der Waals surface area (Å²) in [5, 5.41) is 14.6. The number of nitrogens with one attached hydrogen (secondary N) is 1. The lowest BCUT2D eigenvalue weighted by molar-refractivity contribution is -0.112. The van der Waals surface area contributed by atoms with Gasteiger partial charge >= 0.3 is 0 Å². The molecule has 1 amide bonds. The van der Waals surface area contributed by atoms with Gasteiger partial charge in [-0.15, -0.1) is 0 Å². The van der Waals surface area contributed by atoms with Gasteiger partial charge in [0.2, 0.25) is 0 Å². The van der Waals surface area contributed by atoms with Crippen LogP contribution in [-0.4, -0.2) is 5.91 Å². The van der Waals surface area contributed by atoms with E-state index in [2.05, 4.69) is 77.4 Å². The molecular weight excluding hydrogens is 624 g/mol. The molecule has 0 bridgehead atoms. The topological polar surface area (TPSA) is 62.1 Å². The van der Waals surface area contributed by atoms with Gasteiger partial charge in [-0.1, -0.05) is 52.3 Å². The van der Waals surface area contributed by atoms with Crippen molar-refractivity contribution in [1.29, 1.82) is 5.26 Å². The number of ether oxygens (including phenoxy) is 1. The van der Waals surface area contributed by atoms with Crippen LogP contribution >= 0.6 is 47.8 Å². The number of amides is 1. The molecule has 4 nitrogen and oxygen atoms in total. The number of hydrogen-bond acceptors (Lipinski definition) is 3. The zero-order valence-corrected chi connectivity index (χ0v) is 22.4. The molecule has 1 N–H and O–H groups in total. The first-order chi connectivity index (χ1) is 16.4. The van der Waals surface area contributed by atoms with Crippen LogP contribution in [0.3, 0.4) is 0 Å². The molecule has 0 atom stereocenters. The summed E-state index contributed by atoms with van der Waals surface area (Å²) in [5.41, 5.74) is 2.33. The van der Waals surface area contributed by atoms with Crippen molar-refractivity contribution in [3.05, 3.63) is 109 Å². The highest BCUT2D eigenvalue weighted by Gasteiger charge is 2.13. The van der Waals surface area contributed by atoms with Crippen molar-refractivity contribution in [2.45, 2.75) is 6.61 Å². The number of carbonyl (C=O) groups excluding carboxylic acids is 1. The molecule has 4 rings (SSSR count). The molecule has 0 aliphatic carbocycles. The molecule has 0 heterocycles. The number of halogens is 3. The molecule has 0 aliphatic heterocycles. The van der Waals surface area contributed by atoms with Crippen molar-refractivity contribution >= 4 is 76.2 Å². The highest BCUT2D eigenvalue weighted by atomic mass is 79.9. The number of rotatable bonds is 6. The normalized spacial score (nSPS) is 11.2. The van der Waals surface area contributed by atoms with E-state index in [0.717, 1.165) is 15.4 Å². The minimum Gasteiger partial charge on any atom is -0.487 e. The minimum absolute atomic E-state index is 0.00782. The third kappa shape index (κ3) is 5.95. The van der Waals surface area contributed by atoms with Crippen LogP contribution in [0.15, 0.2) is 97.9 Å². The van der Waals surface area contributed by atoms with Gasteiger partial charge in [0.25, 0.3) is 5.91 Å². The van der Waals surface area contributed by atoms with Crippen molar-refractivity contribution in [3.8, 4) is 11.8 Å². The van der Waals surface area contributed by atoms with E-state index in [1.165, 1.54) is 11.5 Å². The lowest BCUT2D eigenvalue weighted by Gasteiger charge is -2.12. The maximum atomic E-state index is 12.6. The van der Waals surface area contributed by atoms with Gasteiger partial charge in [-0.05, 0) is 102 Å². The van der Waals surface area contributed by atoms with Crippen molar-refractivity contribution in [3.63, 3.8) is 0 Å². The van der Waals surface area contributed by atoms with Gasteiger partial charge in [0.1, 0.15) is 24.0 Å². The third-order valence-electron chi connectivity index (χ3n) is 5.00. The van der Waals surface area contributed by atoms with Crippen molar-refractivity contribution in [1.82, 2.24) is 0 Å². The van der Waals surface area contributed by atoms with E-state index in [1.807, 2.05) is 48.5 Å². The molecule has 0 saturated heterocycles. The summed E-state index contributed by atoms with van der Waals surface area (Å²) in [7, 11) is 0. The van der Waals surface area contributed by atoms with Gasteiger partial charge in [-0.25, -0.2) is 0 Å². The number of fused-ring (bicyclic) bond motifs is 1. The lowest BCUT2D eigenvalue weighted by Crippen LogP contribution is -2.13. The fraction of sp³-hybridized carbons (Fsp3) is 0.0370. The molecule has 0 saturated carbocycles. The Bertz CT molecular complexity index is 1420. The summed E-state index contributed by atoms with van der Waals surface area (Å²) in [6.45, 7) is 0.399. The van der Waals surface area contributed by atoms with Gasteiger partial charge < -0.3 is 10.1 Å². The van der Waals surface area contributed by atoms with Crippen LogP contribution in [0.5, 0.6) is 5.75 Å². The van der Waals surface area contributed by atoms with Crippen LogP contribution < -0.4 is 10.1 Å². The van der Waals surface area contributed by atoms with E-state index in [4.69, 9.17) is 4.74 Å². The number of carbonyl (C=O) groups is 1. The van der Waals surface area contributed by atoms with E-state index in [1.54, 1.807) is 12.1 Å². The molecule has 7 heteroatoms. The summed E-state index contributed by atoms with van der Waals surface area (Å²) in [4.78, 5) is 12.6. The number of nitriles is 1. The molecule has 0 unspecified atom stereocenters. The fourth-order valence-electron chi connectivity index (χ4n) is 3.33. The first-order valence-electron chi connectivity index (χ1n) is 10.2. The quantitative estimate of drug-likeness (QED) is 0.171. The molecule has 4 aromatic carbocycles. The zero-order valence-electron chi connectivity index (χ0n) is 17.7. The minimum atomic E-state index is -0.478. The molecule has 0 radical (unpaired) electrons. The molecule has 168 valence electrons. The summed E-state index contributed by atoms with van der Waals surface area (Å²) < 4.78 is 8.38. The number of nitrogens with zero attached hydrogens (tertiary/aromatic N) is 1.